The van der Waals surface area contributed by atoms with Gasteiger partial charge in [-0.3, -0.25) is 0 Å². The molecule has 80 heavy (non-hydrogen) atoms. The predicted octanol–water partition coefficient (Wildman–Crippen LogP) is -22.0. The minimum Gasteiger partial charge on any atom is -0.112 e. The van der Waals surface area contributed by atoms with Crippen LogP contribution in [0.4, 0.5) is 0 Å². The largest absolute Gasteiger partial charge is 0.115 e. The monoisotopic (exact) mass is 930 g/mol. The maximum atomic E-state index is 7.64. The van der Waals surface area contributed by atoms with E-state index >= 15 is 0 Å². The summed E-state index contributed by atoms with van der Waals surface area (Å²) in [5, 5.41) is 1.98. The van der Waals surface area contributed by atoms with E-state index in [-0.39, 0.29) is 273 Å². The highest BCUT2D eigenvalue weighted by atomic mass is 14.3. The maximum absolute atomic E-state index is 7.64. The molecule has 0 bridgehead atoms. The lowest BCUT2D eigenvalue weighted by Gasteiger charge is -2.35. The molecule has 11 aromatic carbocycles. The van der Waals surface area contributed by atoms with Crippen LogP contribution in [-0.2, 0) is 0 Å². The molecule has 0 fully saturated rings. The van der Waals surface area contributed by atoms with Gasteiger partial charge in [0.25, 0.3) is 0 Å². The van der Waals surface area contributed by atoms with Gasteiger partial charge in [-0.25, -0.2) is 0 Å². The molecule has 0 amide bonds. The van der Waals surface area contributed by atoms with E-state index in [4.69, 9.17) is 235 Å². The maximum Gasteiger partial charge on any atom is 0.115 e. The van der Waals surface area contributed by atoms with E-state index < -0.39 is 0 Å². The molecule has 0 aliphatic rings. The Labute approximate surface area is 504 Å². The van der Waals surface area contributed by atoms with E-state index in [1.54, 1.807) is 0 Å². The molecule has 0 unspecified atom stereocenters. The topological polar surface area (TPSA) is 0 Å². The van der Waals surface area contributed by atoms with Crippen LogP contribution >= 0.6 is 0 Å². The first kappa shape index (κ1) is 57.3. The molecule has 0 aliphatic carbocycles. The standard InChI is InChI=1S/C50B30/c51-21-11(20-42(72)48(78)50(80)49(79)43(20)73)10(25(55)37(67)19(21)12-6-2-4-16(32(62)23(6)53)39(69)45(75)41(71)18(4)36(66)34(64)14(2)30(60)26(12)56)9-8(27(57)46(76)47(77)28(9)58)7-5-1-3-15(31(61)22(5)52)38(68)44(74)40(70)17(3)35(65)33(63)13(1)29(59)24(7)54. The Bertz CT molecular complexity index is 4730. The van der Waals surface area contributed by atoms with E-state index in [0.29, 0.717) is 0 Å². The minimum absolute atomic E-state index is 0.0204. The van der Waals surface area contributed by atoms with Crippen molar-refractivity contribution in [3.63, 3.8) is 0 Å². The lowest BCUT2D eigenvalue weighted by molar-refractivity contribution is 1.74. The highest BCUT2D eigenvalue weighted by molar-refractivity contribution is 6.79. The second-order valence-electron chi connectivity index (χ2n) is 19.9. The summed E-state index contributed by atoms with van der Waals surface area (Å²) in [6.07, 6.45) is 0. The molecule has 11 aromatic rings. The Morgan fingerprint density at radius 2 is 0.200 bits per heavy atom. The highest BCUT2D eigenvalue weighted by Crippen LogP contribution is 2.40. The lowest BCUT2D eigenvalue weighted by atomic mass is 9.54. The van der Waals surface area contributed by atoms with E-state index in [0.717, 1.165) is 0 Å². The van der Waals surface area contributed by atoms with Gasteiger partial charge in [0.1, 0.15) is 235 Å². The zero-order valence-corrected chi connectivity index (χ0v) is 42.3. The molecule has 0 spiro atoms. The Balaban J connectivity index is 1.42. The van der Waals surface area contributed by atoms with Crippen molar-refractivity contribution in [2.75, 3.05) is 0 Å². The van der Waals surface area contributed by atoms with Crippen molar-refractivity contribution in [2.24, 2.45) is 0 Å². The first-order chi connectivity index (χ1) is 37.3. The van der Waals surface area contributed by atoms with Crippen LogP contribution in [0.15, 0.2) is 0 Å². The minimum atomic E-state index is -0.362. The normalized spacial score (nSPS) is 12.0. The SMILES string of the molecule is [B]c1c([B])c([B])c(-c2c([B])c(-c3c([B])c([B])c4c([B])c([B])c5c([B])c([B])c([B])c6c([B])c([B])c3c4c56)c([B])c([B])c2-c2c([B])c([B])c([B])c([B])c2-c2c([B])c([B])c3c([B])c([B])c4c([B])c([B])c([B])c5c([B])c([B])c2c3c45)c([B])c1[B]. The molecule has 0 saturated carbocycles. The summed E-state index contributed by atoms with van der Waals surface area (Å²) >= 11 is 0. The van der Waals surface area contributed by atoms with Crippen molar-refractivity contribution in [1.82, 2.24) is 0 Å². The summed E-state index contributed by atoms with van der Waals surface area (Å²) in [5.74, 6) is 0. The zero-order valence-electron chi connectivity index (χ0n) is 42.3. The molecule has 0 saturated heterocycles. The van der Waals surface area contributed by atoms with Gasteiger partial charge in [-0.1, -0.05) is 126 Å². The van der Waals surface area contributed by atoms with Crippen molar-refractivity contribution in [3.05, 3.63) is 0 Å². The zero-order chi connectivity index (χ0) is 58.9. The first-order valence-electron chi connectivity index (χ1n) is 23.7. The van der Waals surface area contributed by atoms with Crippen molar-refractivity contribution in [2.45, 2.75) is 0 Å². The number of benzene rings is 11. The van der Waals surface area contributed by atoms with Gasteiger partial charge in [0.05, 0.1) is 0 Å². The first-order valence-corrected chi connectivity index (χ1v) is 23.7. The van der Waals surface area contributed by atoms with E-state index in [1.165, 1.54) is 0 Å². The smallest absolute Gasteiger partial charge is 0.112 e. The summed E-state index contributed by atoms with van der Waals surface area (Å²) in [6, 6.07) is 0. The number of rotatable bonds is 4. The van der Waals surface area contributed by atoms with E-state index in [1.807, 2.05) is 0 Å². The van der Waals surface area contributed by atoms with Crippen molar-refractivity contribution >= 4 is 464 Å². The van der Waals surface area contributed by atoms with Crippen LogP contribution in [0, 0.1) is 0 Å². The number of hydrogen-bond acceptors (Lipinski definition) is 0. The van der Waals surface area contributed by atoms with Gasteiger partial charge in [0.15, 0.2) is 0 Å². The molecule has 0 nitrogen and oxygen atoms in total. The quantitative estimate of drug-likeness (QED) is 0.122. The van der Waals surface area contributed by atoms with Crippen LogP contribution < -0.4 is 164 Å². The van der Waals surface area contributed by atoms with Crippen LogP contribution in [0.3, 0.4) is 0 Å². The summed E-state index contributed by atoms with van der Waals surface area (Å²) in [7, 11) is 208. The highest BCUT2D eigenvalue weighted by Gasteiger charge is 2.33. The summed E-state index contributed by atoms with van der Waals surface area (Å²) in [5.41, 5.74) is -6.20. The average Bonchev–Trinajstić information content (AvgIpc) is 2.46. The summed E-state index contributed by atoms with van der Waals surface area (Å²) < 4.78 is 0. The fraction of sp³-hybridized carbons (Fsp3) is 0. The van der Waals surface area contributed by atoms with Crippen molar-refractivity contribution < 1.29 is 0 Å². The summed E-state index contributed by atoms with van der Waals surface area (Å²) in [4.78, 5) is 0. The van der Waals surface area contributed by atoms with Gasteiger partial charge in [-0.2, -0.15) is 0 Å². The Morgan fingerprint density at radius 1 is 0.0750 bits per heavy atom. The molecular weight excluding hydrogens is 925 g/mol. The van der Waals surface area contributed by atoms with Crippen molar-refractivity contribution in [1.29, 1.82) is 0 Å². The van der Waals surface area contributed by atoms with Crippen molar-refractivity contribution in [3.8, 4) is 44.5 Å². The third kappa shape index (κ3) is 6.95. The average molecular weight is 925 g/mol. The molecule has 0 aromatic heterocycles. The molecule has 290 valence electrons. The van der Waals surface area contributed by atoms with Gasteiger partial charge in [0, 0.05) is 0 Å². The Kier molecular flexibility index (Phi) is 13.6. The fourth-order valence-corrected chi connectivity index (χ4v) is 12.1. The lowest BCUT2D eigenvalue weighted by Crippen LogP contribution is -2.56. The number of hydrogen-bond donors (Lipinski definition) is 0. The van der Waals surface area contributed by atoms with Gasteiger partial charge in [0.2, 0.25) is 0 Å². The second-order valence-corrected chi connectivity index (χ2v) is 19.9. The molecule has 0 aliphatic heterocycles. The molecule has 30 heteroatoms. The fourth-order valence-electron chi connectivity index (χ4n) is 12.1. The second kappa shape index (κ2) is 19.0. The van der Waals surface area contributed by atoms with Gasteiger partial charge < -0.3 is 0 Å². The van der Waals surface area contributed by atoms with Crippen LogP contribution in [0.5, 0.6) is 0 Å². The van der Waals surface area contributed by atoms with E-state index in [9.17, 15) is 0 Å². The van der Waals surface area contributed by atoms with Gasteiger partial charge in [-0.05, 0) is 109 Å². The molecule has 0 N–H and O–H groups in total. The van der Waals surface area contributed by atoms with Gasteiger partial charge in [-0.15, -0.1) is 38.2 Å². The molecule has 0 heterocycles. The van der Waals surface area contributed by atoms with Gasteiger partial charge >= 0.3 is 0 Å². The molecule has 60 radical (unpaired) electrons. The summed E-state index contributed by atoms with van der Waals surface area (Å²) in [6.45, 7) is 0. The van der Waals surface area contributed by atoms with Crippen LogP contribution in [0.1, 0.15) is 0 Å². The molecular formula is C50B30. The van der Waals surface area contributed by atoms with Crippen LogP contribution in [0.25, 0.3) is 109 Å². The predicted molar refractivity (Wildman–Crippen MR) is 377 cm³/mol. The third-order valence-corrected chi connectivity index (χ3v) is 16.2. The van der Waals surface area contributed by atoms with E-state index in [2.05, 4.69) is 0 Å². The Hall–Kier alpha value is -4.55. The molecule has 11 rings (SSSR count). The van der Waals surface area contributed by atoms with Crippen LogP contribution in [0.2, 0.25) is 0 Å². The van der Waals surface area contributed by atoms with Crippen LogP contribution in [-0.4, -0.2) is 235 Å². The molecule has 0 atom stereocenters. The third-order valence-electron chi connectivity index (χ3n) is 16.2. The Morgan fingerprint density at radius 3 is 0.500 bits per heavy atom.